The summed E-state index contributed by atoms with van der Waals surface area (Å²) in [7, 11) is 1.26. The lowest BCUT2D eigenvalue weighted by Crippen LogP contribution is -2.29. The Labute approximate surface area is 149 Å². The zero-order chi connectivity index (χ0) is 18.3. The lowest BCUT2D eigenvalue weighted by Gasteiger charge is -2.18. The molecule has 2 aromatic heterocycles. The van der Waals surface area contributed by atoms with Gasteiger partial charge in [-0.1, -0.05) is 11.3 Å². The number of aromatic amines is 1. The van der Waals surface area contributed by atoms with Crippen molar-refractivity contribution in [2.24, 2.45) is 0 Å². The van der Waals surface area contributed by atoms with E-state index < -0.39 is 39.4 Å². The zero-order valence-electron chi connectivity index (χ0n) is 13.3. The molecule has 2 aromatic rings. The van der Waals surface area contributed by atoms with E-state index in [0.717, 1.165) is 0 Å². The molecule has 12 heteroatoms. The molecule has 1 fully saturated rings. The van der Waals surface area contributed by atoms with Crippen LogP contribution in [0.4, 0.5) is 5.95 Å². The van der Waals surface area contributed by atoms with Gasteiger partial charge in [0.25, 0.3) is 5.56 Å². The van der Waals surface area contributed by atoms with Crippen LogP contribution in [0.2, 0.25) is 0 Å². The summed E-state index contributed by atoms with van der Waals surface area (Å²) in [5, 5.41) is 9.31. The van der Waals surface area contributed by atoms with E-state index in [9.17, 15) is 19.5 Å². The second kappa shape index (κ2) is 6.78. The monoisotopic (exact) mass is 388 g/mol. The quantitative estimate of drug-likeness (QED) is 0.596. The van der Waals surface area contributed by atoms with E-state index in [4.69, 9.17) is 10.5 Å². The molecule has 0 aliphatic carbocycles. The number of nitrogens with two attached hydrogens (primary N) is 1. The number of thiazole rings is 1. The summed E-state index contributed by atoms with van der Waals surface area (Å²) >= 11 is 1.94. The highest BCUT2D eigenvalue weighted by Crippen LogP contribution is 2.42. The predicted octanol–water partition coefficient (Wildman–Crippen LogP) is -0.371. The molecular formula is C13H16N4O6S2. The van der Waals surface area contributed by atoms with E-state index in [1.165, 1.54) is 23.4 Å². The van der Waals surface area contributed by atoms with Gasteiger partial charge >= 0.3 is 10.8 Å². The molecule has 3 rings (SSSR count). The molecule has 136 valence electrons. The number of hydrogen-bond donors (Lipinski definition) is 3. The number of H-pyrrole nitrogens is 1. The summed E-state index contributed by atoms with van der Waals surface area (Å²) in [6.45, 7) is 1.55. The number of anilines is 1. The van der Waals surface area contributed by atoms with E-state index in [2.05, 4.69) is 14.7 Å². The van der Waals surface area contributed by atoms with Crippen molar-refractivity contribution in [2.75, 3.05) is 12.8 Å². The fourth-order valence-corrected chi connectivity index (χ4v) is 4.66. The first-order valence-electron chi connectivity index (χ1n) is 7.28. The Bertz CT molecular complexity index is 919. The molecule has 4 N–H and O–H groups in total. The van der Waals surface area contributed by atoms with Crippen LogP contribution in [0.3, 0.4) is 0 Å². The summed E-state index contributed by atoms with van der Waals surface area (Å²) in [6, 6.07) is 0. The Kier molecular flexibility index (Phi) is 4.86. The Balaban J connectivity index is 2.10. The number of thioether (sulfide) groups is 1. The number of aliphatic hydroxyl groups is 1. The number of aromatic nitrogens is 3. The van der Waals surface area contributed by atoms with Crippen molar-refractivity contribution >= 4 is 45.4 Å². The lowest BCUT2D eigenvalue weighted by molar-refractivity contribution is -0.141. The van der Waals surface area contributed by atoms with Gasteiger partial charge in [-0.05, 0) is 6.92 Å². The Morgan fingerprint density at radius 1 is 1.56 bits per heavy atom. The molecule has 1 aliphatic heterocycles. The van der Waals surface area contributed by atoms with Gasteiger partial charge in [-0.2, -0.15) is 4.98 Å². The number of carbonyl (C=O) groups excluding carboxylic acids is 1. The second-order valence-electron chi connectivity index (χ2n) is 5.43. The SMILES string of the molecule is COC(=O)CC1SC(C(C)O)OC1n1c(=O)sc2c(=O)[nH]c(N)nc21. The van der Waals surface area contributed by atoms with Crippen molar-refractivity contribution in [1.82, 2.24) is 14.5 Å². The number of rotatable bonds is 4. The molecule has 10 nitrogen and oxygen atoms in total. The van der Waals surface area contributed by atoms with E-state index in [0.29, 0.717) is 11.3 Å². The molecule has 0 bridgehead atoms. The number of fused-ring (bicyclic) bond motifs is 1. The van der Waals surface area contributed by atoms with E-state index in [1.807, 2.05) is 0 Å². The molecule has 0 amide bonds. The molecule has 4 unspecified atom stereocenters. The summed E-state index contributed by atoms with van der Waals surface area (Å²) in [4.78, 5) is 42.0. The molecule has 25 heavy (non-hydrogen) atoms. The van der Waals surface area contributed by atoms with Crippen molar-refractivity contribution in [3.05, 3.63) is 20.0 Å². The van der Waals surface area contributed by atoms with Crippen LogP contribution in [-0.2, 0) is 14.3 Å². The number of methoxy groups -OCH3 is 1. The van der Waals surface area contributed by atoms with Crippen molar-refractivity contribution in [2.45, 2.75) is 36.4 Å². The number of esters is 1. The second-order valence-corrected chi connectivity index (χ2v) is 7.74. The van der Waals surface area contributed by atoms with Gasteiger partial charge in [-0.3, -0.25) is 23.9 Å². The van der Waals surface area contributed by atoms with Crippen LogP contribution in [0.15, 0.2) is 9.59 Å². The van der Waals surface area contributed by atoms with Gasteiger partial charge in [0.2, 0.25) is 5.95 Å². The van der Waals surface area contributed by atoms with Crippen molar-refractivity contribution < 1.29 is 19.4 Å². The van der Waals surface area contributed by atoms with Gasteiger partial charge < -0.3 is 20.3 Å². The van der Waals surface area contributed by atoms with E-state index in [1.54, 1.807) is 6.92 Å². The Hall–Kier alpha value is -1.89. The molecule has 4 atom stereocenters. The Morgan fingerprint density at radius 3 is 2.92 bits per heavy atom. The standard InChI is InChI=1S/C13H16N4O6S2/c1-4(18)11-23-10(5(24-11)3-6(19)22-2)17-8-7(25-13(17)21)9(20)16-12(14)15-8/h4-5,10-11,18H,3H2,1-2H3,(H3,14,15,16,20). The third-order valence-electron chi connectivity index (χ3n) is 3.64. The van der Waals surface area contributed by atoms with Crippen LogP contribution < -0.4 is 16.2 Å². The molecule has 0 saturated carbocycles. The van der Waals surface area contributed by atoms with Gasteiger partial charge in [0.15, 0.2) is 11.9 Å². The maximum Gasteiger partial charge on any atom is 0.311 e. The van der Waals surface area contributed by atoms with Crippen LogP contribution in [-0.4, -0.2) is 49.5 Å². The number of ether oxygens (including phenoxy) is 2. The first kappa shape index (κ1) is 17.9. The van der Waals surface area contributed by atoms with Crippen LogP contribution in [0.1, 0.15) is 19.6 Å². The van der Waals surface area contributed by atoms with Crippen LogP contribution in [0.5, 0.6) is 0 Å². The average molecular weight is 388 g/mol. The molecule has 0 radical (unpaired) electrons. The summed E-state index contributed by atoms with van der Waals surface area (Å²) in [5.41, 5.74) is 4.50. The fraction of sp³-hybridized carbons (Fsp3) is 0.538. The minimum Gasteiger partial charge on any atom is -0.469 e. The topological polar surface area (TPSA) is 150 Å². The molecule has 1 aliphatic rings. The highest BCUT2D eigenvalue weighted by atomic mass is 32.2. The smallest absolute Gasteiger partial charge is 0.311 e. The molecule has 0 spiro atoms. The highest BCUT2D eigenvalue weighted by molar-refractivity contribution is 8.00. The third kappa shape index (κ3) is 3.29. The summed E-state index contributed by atoms with van der Waals surface area (Å²) < 4.78 is 11.8. The van der Waals surface area contributed by atoms with Crippen LogP contribution in [0.25, 0.3) is 10.3 Å². The fourth-order valence-electron chi connectivity index (χ4n) is 2.52. The molecule has 3 heterocycles. The number of aliphatic hydroxyl groups excluding tert-OH is 1. The number of nitrogen functional groups attached to an aromatic ring is 1. The van der Waals surface area contributed by atoms with Crippen molar-refractivity contribution in [1.29, 1.82) is 0 Å². The maximum atomic E-state index is 12.4. The van der Waals surface area contributed by atoms with Gasteiger partial charge in [0.1, 0.15) is 10.1 Å². The number of nitrogens with one attached hydrogen (secondary N) is 1. The maximum absolute atomic E-state index is 12.4. The van der Waals surface area contributed by atoms with Gasteiger partial charge in [-0.15, -0.1) is 11.8 Å². The molecular weight excluding hydrogens is 372 g/mol. The predicted molar refractivity (Wildman–Crippen MR) is 92.5 cm³/mol. The highest BCUT2D eigenvalue weighted by Gasteiger charge is 2.42. The van der Waals surface area contributed by atoms with Crippen LogP contribution in [0, 0.1) is 0 Å². The largest absolute Gasteiger partial charge is 0.469 e. The zero-order valence-corrected chi connectivity index (χ0v) is 14.9. The lowest BCUT2D eigenvalue weighted by atomic mass is 10.2. The number of nitrogens with zero attached hydrogens (tertiary/aromatic N) is 2. The summed E-state index contributed by atoms with van der Waals surface area (Å²) in [5.74, 6) is -0.610. The van der Waals surface area contributed by atoms with Crippen molar-refractivity contribution in [3.63, 3.8) is 0 Å². The van der Waals surface area contributed by atoms with Gasteiger partial charge in [0.05, 0.1) is 24.9 Å². The minimum absolute atomic E-state index is 0.0303. The third-order valence-corrected chi connectivity index (χ3v) is 6.10. The Morgan fingerprint density at radius 2 is 2.28 bits per heavy atom. The minimum atomic E-state index is -0.890. The number of carbonyl (C=O) groups is 1. The molecule has 0 aromatic carbocycles. The van der Waals surface area contributed by atoms with E-state index in [-0.39, 0.29) is 22.7 Å². The number of hydrogen-bond acceptors (Lipinski definition) is 10. The normalized spacial score (nSPS) is 24.5. The summed E-state index contributed by atoms with van der Waals surface area (Å²) in [6.07, 6.45) is -1.74. The first-order chi connectivity index (χ1) is 11.8. The average Bonchev–Trinajstić information content (AvgIpc) is 3.08. The van der Waals surface area contributed by atoms with Crippen LogP contribution >= 0.6 is 23.1 Å². The first-order valence-corrected chi connectivity index (χ1v) is 9.04. The van der Waals surface area contributed by atoms with E-state index >= 15 is 0 Å². The van der Waals surface area contributed by atoms with Crippen molar-refractivity contribution in [3.8, 4) is 0 Å². The molecule has 1 saturated heterocycles. The van der Waals surface area contributed by atoms with Gasteiger partial charge in [-0.25, -0.2) is 0 Å². The van der Waals surface area contributed by atoms with Gasteiger partial charge in [0, 0.05) is 0 Å².